The van der Waals surface area contributed by atoms with E-state index in [0.717, 1.165) is 24.5 Å². The van der Waals surface area contributed by atoms with Crippen LogP contribution in [0.15, 0.2) is 42.6 Å². The molecule has 2 aromatic rings. The topological polar surface area (TPSA) is 51.4 Å². The van der Waals surface area contributed by atoms with E-state index in [0.29, 0.717) is 11.6 Å². The Morgan fingerprint density at radius 1 is 1.11 bits per heavy atom. The zero-order valence-corrected chi connectivity index (χ0v) is 11.3. The highest BCUT2D eigenvalue weighted by atomic mass is 16.5. The van der Waals surface area contributed by atoms with E-state index in [1.54, 1.807) is 12.3 Å². The second-order valence-electron chi connectivity index (χ2n) is 4.19. The third-order valence-electron chi connectivity index (χ3n) is 2.94. The Kier molecular flexibility index (Phi) is 4.23. The van der Waals surface area contributed by atoms with Crippen LogP contribution < -0.4 is 15.4 Å². The number of rotatable bonds is 5. The van der Waals surface area contributed by atoms with Crippen molar-refractivity contribution in [3.05, 3.63) is 42.6 Å². The van der Waals surface area contributed by atoms with Gasteiger partial charge in [-0.1, -0.05) is 6.07 Å². The first-order valence-electron chi connectivity index (χ1n) is 6.47. The van der Waals surface area contributed by atoms with Gasteiger partial charge in [-0.25, -0.2) is 4.98 Å². The van der Waals surface area contributed by atoms with Gasteiger partial charge in [-0.15, -0.1) is 0 Å². The second kappa shape index (κ2) is 6.09. The first-order valence-corrected chi connectivity index (χ1v) is 6.47. The predicted molar refractivity (Wildman–Crippen MR) is 78.7 cm³/mol. The highest BCUT2D eigenvalue weighted by Crippen LogP contribution is 2.25. The van der Waals surface area contributed by atoms with Crippen molar-refractivity contribution in [3.63, 3.8) is 0 Å². The minimum Gasteiger partial charge on any atom is -0.456 e. The van der Waals surface area contributed by atoms with Crippen molar-refractivity contribution in [1.82, 2.24) is 4.98 Å². The Labute approximate surface area is 113 Å². The molecule has 0 aliphatic heterocycles. The van der Waals surface area contributed by atoms with Crippen LogP contribution in [0.5, 0.6) is 11.5 Å². The number of benzene rings is 1. The maximum Gasteiger partial charge on any atom is 0.145 e. The molecule has 1 aromatic heterocycles. The number of pyridine rings is 1. The first-order chi connectivity index (χ1) is 9.22. The predicted octanol–water partition coefficient (Wildman–Crippen LogP) is 3.30. The second-order valence-corrected chi connectivity index (χ2v) is 4.19. The number of nitrogen functional groups attached to an aromatic ring is 1. The maximum absolute atomic E-state index is 5.77. The van der Waals surface area contributed by atoms with Crippen LogP contribution in [0.4, 0.5) is 11.5 Å². The van der Waals surface area contributed by atoms with E-state index >= 15 is 0 Å². The zero-order chi connectivity index (χ0) is 13.7. The van der Waals surface area contributed by atoms with Gasteiger partial charge in [0, 0.05) is 24.8 Å². The number of aromatic nitrogens is 1. The van der Waals surface area contributed by atoms with E-state index in [9.17, 15) is 0 Å². The lowest BCUT2D eigenvalue weighted by atomic mass is 10.2. The van der Waals surface area contributed by atoms with Crippen LogP contribution in [0.2, 0.25) is 0 Å². The molecule has 0 radical (unpaired) electrons. The lowest BCUT2D eigenvalue weighted by molar-refractivity contribution is 0.480. The summed E-state index contributed by atoms with van der Waals surface area (Å²) in [7, 11) is 0. The van der Waals surface area contributed by atoms with Gasteiger partial charge >= 0.3 is 0 Å². The van der Waals surface area contributed by atoms with Crippen molar-refractivity contribution >= 4 is 11.5 Å². The van der Waals surface area contributed by atoms with Gasteiger partial charge in [-0.3, -0.25) is 0 Å². The molecule has 0 aliphatic rings. The number of anilines is 2. The number of ether oxygens (including phenoxy) is 1. The largest absolute Gasteiger partial charge is 0.456 e. The van der Waals surface area contributed by atoms with Crippen LogP contribution in [-0.2, 0) is 0 Å². The normalized spacial score (nSPS) is 10.2. The third kappa shape index (κ3) is 3.37. The van der Waals surface area contributed by atoms with E-state index in [1.807, 2.05) is 24.3 Å². The Bertz CT molecular complexity index is 521. The van der Waals surface area contributed by atoms with Gasteiger partial charge in [0.05, 0.1) is 6.20 Å². The molecule has 0 bridgehead atoms. The minimum absolute atomic E-state index is 0.490. The van der Waals surface area contributed by atoms with Gasteiger partial charge in [0.2, 0.25) is 0 Å². The van der Waals surface area contributed by atoms with Gasteiger partial charge in [0.15, 0.2) is 0 Å². The fraction of sp³-hybridized carbons (Fsp3) is 0.267. The molecule has 1 aromatic carbocycles. The van der Waals surface area contributed by atoms with Gasteiger partial charge in [-0.05, 0) is 38.1 Å². The van der Waals surface area contributed by atoms with E-state index in [2.05, 4.69) is 29.8 Å². The Balaban J connectivity index is 2.17. The van der Waals surface area contributed by atoms with Gasteiger partial charge in [-0.2, -0.15) is 0 Å². The first kappa shape index (κ1) is 13.2. The Morgan fingerprint density at radius 3 is 2.53 bits per heavy atom. The van der Waals surface area contributed by atoms with Crippen LogP contribution in [-0.4, -0.2) is 18.1 Å². The van der Waals surface area contributed by atoms with E-state index in [4.69, 9.17) is 10.5 Å². The summed E-state index contributed by atoms with van der Waals surface area (Å²) in [6.07, 6.45) is 1.62. The number of hydrogen-bond donors (Lipinski definition) is 1. The number of hydrogen-bond acceptors (Lipinski definition) is 4. The molecule has 0 saturated carbocycles. The molecule has 1 heterocycles. The summed E-state index contributed by atoms with van der Waals surface area (Å²) >= 11 is 0. The molecule has 0 saturated heterocycles. The molecule has 0 atom stereocenters. The molecular weight excluding hydrogens is 238 g/mol. The van der Waals surface area contributed by atoms with Crippen LogP contribution in [0.3, 0.4) is 0 Å². The summed E-state index contributed by atoms with van der Waals surface area (Å²) < 4.78 is 5.77. The molecular formula is C15H19N3O. The summed E-state index contributed by atoms with van der Waals surface area (Å²) in [6.45, 7) is 6.23. The minimum atomic E-state index is 0.490. The molecule has 4 heteroatoms. The number of nitrogens with two attached hydrogens (primary N) is 1. The van der Waals surface area contributed by atoms with E-state index in [1.165, 1.54) is 0 Å². The summed E-state index contributed by atoms with van der Waals surface area (Å²) in [4.78, 5) is 6.28. The van der Waals surface area contributed by atoms with E-state index in [-0.39, 0.29) is 0 Å². The molecule has 2 N–H and O–H groups in total. The molecule has 19 heavy (non-hydrogen) atoms. The fourth-order valence-electron chi connectivity index (χ4n) is 1.92. The van der Waals surface area contributed by atoms with Crippen LogP contribution in [0, 0.1) is 0 Å². The monoisotopic (exact) mass is 257 g/mol. The lowest BCUT2D eigenvalue weighted by Gasteiger charge is -2.21. The quantitative estimate of drug-likeness (QED) is 0.893. The summed E-state index contributed by atoms with van der Waals surface area (Å²) in [5.74, 6) is 1.98. The maximum atomic E-state index is 5.77. The molecule has 0 amide bonds. The van der Waals surface area contributed by atoms with Crippen molar-refractivity contribution in [3.8, 4) is 11.5 Å². The SMILES string of the molecule is CCN(CC)c1cccc(Oc2ccc(N)nc2)c1. The summed E-state index contributed by atoms with van der Waals surface area (Å²) in [6, 6.07) is 11.6. The molecule has 2 rings (SSSR count). The van der Waals surface area contributed by atoms with Crippen molar-refractivity contribution in [2.24, 2.45) is 0 Å². The van der Waals surface area contributed by atoms with E-state index < -0.39 is 0 Å². The van der Waals surface area contributed by atoms with Crippen molar-refractivity contribution in [2.75, 3.05) is 23.7 Å². The summed E-state index contributed by atoms with van der Waals surface area (Å²) in [5, 5.41) is 0. The highest BCUT2D eigenvalue weighted by Gasteiger charge is 2.04. The van der Waals surface area contributed by atoms with Crippen molar-refractivity contribution < 1.29 is 4.74 Å². The smallest absolute Gasteiger partial charge is 0.145 e. The van der Waals surface area contributed by atoms with Crippen LogP contribution in [0.1, 0.15) is 13.8 Å². The average molecular weight is 257 g/mol. The van der Waals surface area contributed by atoms with Crippen LogP contribution >= 0.6 is 0 Å². The van der Waals surface area contributed by atoms with Gasteiger partial charge < -0.3 is 15.4 Å². The molecule has 0 fully saturated rings. The van der Waals surface area contributed by atoms with Gasteiger partial charge in [0.1, 0.15) is 17.3 Å². The molecule has 100 valence electrons. The molecule has 4 nitrogen and oxygen atoms in total. The van der Waals surface area contributed by atoms with Crippen molar-refractivity contribution in [2.45, 2.75) is 13.8 Å². The Hall–Kier alpha value is -2.23. The molecule has 0 aliphatic carbocycles. The van der Waals surface area contributed by atoms with Gasteiger partial charge in [0.25, 0.3) is 0 Å². The van der Waals surface area contributed by atoms with Crippen LogP contribution in [0.25, 0.3) is 0 Å². The summed E-state index contributed by atoms with van der Waals surface area (Å²) in [5.41, 5.74) is 6.70. The molecule has 0 unspecified atom stereocenters. The number of nitrogens with zero attached hydrogens (tertiary/aromatic N) is 2. The third-order valence-corrected chi connectivity index (χ3v) is 2.94. The fourth-order valence-corrected chi connectivity index (χ4v) is 1.92. The average Bonchev–Trinajstić information content (AvgIpc) is 2.43. The molecule has 0 spiro atoms. The van der Waals surface area contributed by atoms with Crippen molar-refractivity contribution in [1.29, 1.82) is 0 Å². The Morgan fingerprint density at radius 2 is 1.89 bits per heavy atom. The zero-order valence-electron chi connectivity index (χ0n) is 11.3. The lowest BCUT2D eigenvalue weighted by Crippen LogP contribution is -2.21. The highest BCUT2D eigenvalue weighted by molar-refractivity contribution is 5.51. The standard InChI is InChI=1S/C15H19N3O/c1-3-18(4-2)12-6-5-7-13(10-12)19-14-8-9-15(16)17-11-14/h5-11H,3-4H2,1-2H3,(H2,16,17).